The van der Waals surface area contributed by atoms with Gasteiger partial charge in [-0.15, -0.1) is 0 Å². The number of rotatable bonds is 5. The van der Waals surface area contributed by atoms with E-state index in [9.17, 15) is 0 Å². The lowest BCUT2D eigenvalue weighted by molar-refractivity contribution is 0.182. The number of nitrogens with one attached hydrogen (secondary N) is 1. The Kier molecular flexibility index (Phi) is 4.38. The number of nitrogens with zero attached hydrogens (tertiary/aromatic N) is 1. The maximum Gasteiger partial charge on any atom is 0.0885 e. The van der Waals surface area contributed by atoms with Gasteiger partial charge in [-0.2, -0.15) is 0 Å². The standard InChI is InChI=1S/C16H22N2O/c1-5-17-15-9-12(10-19-4)18-16-13(11(2)3)7-6-8-14(15)16/h6-9,11H,5,10H2,1-4H3,(H,17,18). The van der Waals surface area contributed by atoms with E-state index in [-0.39, 0.29) is 0 Å². The molecule has 0 aliphatic carbocycles. The number of benzene rings is 1. The van der Waals surface area contributed by atoms with Crippen molar-refractivity contribution in [1.82, 2.24) is 4.98 Å². The van der Waals surface area contributed by atoms with Gasteiger partial charge in [-0.05, 0) is 24.5 Å². The Morgan fingerprint density at radius 1 is 1.32 bits per heavy atom. The number of hydrogen-bond acceptors (Lipinski definition) is 3. The molecule has 2 rings (SSSR count). The second-order valence-electron chi connectivity index (χ2n) is 5.02. The van der Waals surface area contributed by atoms with Gasteiger partial charge in [0.25, 0.3) is 0 Å². The number of aromatic nitrogens is 1. The van der Waals surface area contributed by atoms with Gasteiger partial charge >= 0.3 is 0 Å². The monoisotopic (exact) mass is 258 g/mol. The first-order valence-electron chi connectivity index (χ1n) is 6.82. The van der Waals surface area contributed by atoms with Crippen LogP contribution in [0.3, 0.4) is 0 Å². The first kappa shape index (κ1) is 13.8. The topological polar surface area (TPSA) is 34.1 Å². The number of methoxy groups -OCH3 is 1. The molecule has 0 saturated heterocycles. The molecule has 1 heterocycles. The van der Waals surface area contributed by atoms with E-state index in [0.717, 1.165) is 23.4 Å². The maximum absolute atomic E-state index is 5.22. The van der Waals surface area contributed by atoms with Crippen LogP contribution in [0.2, 0.25) is 0 Å². The van der Waals surface area contributed by atoms with E-state index in [4.69, 9.17) is 9.72 Å². The molecule has 0 fully saturated rings. The number of para-hydroxylation sites is 1. The molecule has 0 bridgehead atoms. The van der Waals surface area contributed by atoms with Gasteiger partial charge in [0.2, 0.25) is 0 Å². The molecule has 19 heavy (non-hydrogen) atoms. The van der Waals surface area contributed by atoms with Gasteiger partial charge < -0.3 is 10.1 Å². The molecule has 0 unspecified atom stereocenters. The number of hydrogen-bond donors (Lipinski definition) is 1. The van der Waals surface area contributed by atoms with Crippen molar-refractivity contribution in [2.24, 2.45) is 0 Å². The molecule has 1 aromatic heterocycles. The van der Waals surface area contributed by atoms with Gasteiger partial charge in [-0.3, -0.25) is 0 Å². The number of pyridine rings is 1. The zero-order chi connectivity index (χ0) is 13.8. The predicted molar refractivity (Wildman–Crippen MR) is 80.7 cm³/mol. The Hall–Kier alpha value is -1.61. The van der Waals surface area contributed by atoms with Crippen LogP contribution in [0.5, 0.6) is 0 Å². The largest absolute Gasteiger partial charge is 0.385 e. The minimum atomic E-state index is 0.462. The molecule has 0 atom stereocenters. The van der Waals surface area contributed by atoms with Gasteiger partial charge in [0.1, 0.15) is 0 Å². The minimum absolute atomic E-state index is 0.462. The summed E-state index contributed by atoms with van der Waals surface area (Å²) >= 11 is 0. The van der Waals surface area contributed by atoms with Gasteiger partial charge in [-0.1, -0.05) is 32.0 Å². The van der Waals surface area contributed by atoms with Crippen LogP contribution < -0.4 is 5.32 Å². The van der Waals surface area contributed by atoms with Crippen molar-refractivity contribution in [3.05, 3.63) is 35.5 Å². The maximum atomic E-state index is 5.22. The second-order valence-corrected chi connectivity index (χ2v) is 5.02. The Balaban J connectivity index is 2.67. The van der Waals surface area contributed by atoms with Crippen molar-refractivity contribution in [2.75, 3.05) is 19.0 Å². The molecule has 2 aromatic rings. The van der Waals surface area contributed by atoms with E-state index in [1.807, 2.05) is 0 Å². The first-order valence-corrected chi connectivity index (χ1v) is 6.82. The van der Waals surface area contributed by atoms with E-state index < -0.39 is 0 Å². The van der Waals surface area contributed by atoms with Crippen molar-refractivity contribution in [3.63, 3.8) is 0 Å². The SMILES string of the molecule is CCNc1cc(COC)nc2c(C(C)C)cccc12. The highest BCUT2D eigenvalue weighted by atomic mass is 16.5. The summed E-state index contributed by atoms with van der Waals surface area (Å²) in [5.74, 6) is 0.462. The van der Waals surface area contributed by atoms with Gasteiger partial charge in [0.15, 0.2) is 0 Å². The molecular formula is C16H22N2O. The van der Waals surface area contributed by atoms with Crippen LogP contribution in [0.1, 0.15) is 37.9 Å². The number of ether oxygens (including phenoxy) is 1. The highest BCUT2D eigenvalue weighted by molar-refractivity contribution is 5.93. The van der Waals surface area contributed by atoms with Gasteiger partial charge in [0.05, 0.1) is 17.8 Å². The lowest BCUT2D eigenvalue weighted by atomic mass is 9.98. The molecule has 0 saturated carbocycles. The fourth-order valence-electron chi connectivity index (χ4n) is 2.35. The lowest BCUT2D eigenvalue weighted by Gasteiger charge is -2.14. The molecule has 0 amide bonds. The van der Waals surface area contributed by atoms with E-state index in [0.29, 0.717) is 12.5 Å². The summed E-state index contributed by atoms with van der Waals surface area (Å²) < 4.78 is 5.22. The molecular weight excluding hydrogens is 236 g/mol. The van der Waals surface area contributed by atoms with Crippen LogP contribution in [0.25, 0.3) is 10.9 Å². The summed E-state index contributed by atoms with van der Waals surface area (Å²) in [5.41, 5.74) is 4.48. The van der Waals surface area contributed by atoms with Crippen LogP contribution in [0.4, 0.5) is 5.69 Å². The Morgan fingerprint density at radius 3 is 2.74 bits per heavy atom. The average molecular weight is 258 g/mol. The van der Waals surface area contributed by atoms with Crippen LogP contribution in [0.15, 0.2) is 24.3 Å². The minimum Gasteiger partial charge on any atom is -0.385 e. The van der Waals surface area contributed by atoms with Crippen LogP contribution >= 0.6 is 0 Å². The molecule has 0 radical (unpaired) electrons. The summed E-state index contributed by atoms with van der Waals surface area (Å²) in [6.07, 6.45) is 0. The van der Waals surface area contributed by atoms with Gasteiger partial charge in [0, 0.05) is 24.7 Å². The van der Waals surface area contributed by atoms with E-state index >= 15 is 0 Å². The molecule has 1 N–H and O–H groups in total. The van der Waals surface area contributed by atoms with Crippen molar-refractivity contribution in [1.29, 1.82) is 0 Å². The number of anilines is 1. The third kappa shape index (κ3) is 2.87. The molecule has 0 spiro atoms. The zero-order valence-corrected chi connectivity index (χ0v) is 12.2. The fraction of sp³-hybridized carbons (Fsp3) is 0.438. The molecule has 0 aliphatic rings. The highest BCUT2D eigenvalue weighted by Crippen LogP contribution is 2.29. The van der Waals surface area contributed by atoms with E-state index in [2.05, 4.69) is 50.4 Å². The molecule has 1 aromatic carbocycles. The summed E-state index contributed by atoms with van der Waals surface area (Å²) in [5, 5.41) is 4.61. The summed E-state index contributed by atoms with van der Waals surface area (Å²) in [6, 6.07) is 8.48. The average Bonchev–Trinajstić information content (AvgIpc) is 2.38. The second kappa shape index (κ2) is 6.02. The first-order chi connectivity index (χ1) is 9.17. The van der Waals surface area contributed by atoms with Crippen LogP contribution in [0, 0.1) is 0 Å². The third-order valence-corrected chi connectivity index (χ3v) is 3.21. The Morgan fingerprint density at radius 2 is 2.11 bits per heavy atom. The van der Waals surface area contributed by atoms with Crippen LogP contribution in [-0.4, -0.2) is 18.6 Å². The molecule has 102 valence electrons. The predicted octanol–water partition coefficient (Wildman–Crippen LogP) is 3.94. The van der Waals surface area contributed by atoms with E-state index in [1.165, 1.54) is 10.9 Å². The van der Waals surface area contributed by atoms with Crippen molar-refractivity contribution >= 4 is 16.6 Å². The third-order valence-electron chi connectivity index (χ3n) is 3.21. The highest BCUT2D eigenvalue weighted by Gasteiger charge is 2.11. The van der Waals surface area contributed by atoms with Crippen molar-refractivity contribution in [2.45, 2.75) is 33.3 Å². The van der Waals surface area contributed by atoms with Crippen LogP contribution in [-0.2, 0) is 11.3 Å². The van der Waals surface area contributed by atoms with E-state index in [1.54, 1.807) is 7.11 Å². The molecule has 3 nitrogen and oxygen atoms in total. The smallest absolute Gasteiger partial charge is 0.0885 e. The molecule has 3 heteroatoms. The summed E-state index contributed by atoms with van der Waals surface area (Å²) in [7, 11) is 1.70. The summed E-state index contributed by atoms with van der Waals surface area (Å²) in [6.45, 7) is 7.95. The van der Waals surface area contributed by atoms with Crippen molar-refractivity contribution in [3.8, 4) is 0 Å². The molecule has 0 aliphatic heterocycles. The summed E-state index contributed by atoms with van der Waals surface area (Å²) in [4.78, 5) is 4.76. The quantitative estimate of drug-likeness (QED) is 0.882. The van der Waals surface area contributed by atoms with Gasteiger partial charge in [-0.25, -0.2) is 4.98 Å². The van der Waals surface area contributed by atoms with Crippen molar-refractivity contribution < 1.29 is 4.74 Å². The Bertz CT molecular complexity index is 564. The number of fused-ring (bicyclic) bond motifs is 1. The Labute approximate surface area is 115 Å². The lowest BCUT2D eigenvalue weighted by Crippen LogP contribution is -2.03. The zero-order valence-electron chi connectivity index (χ0n) is 12.2. The normalized spacial score (nSPS) is 11.2. The fourth-order valence-corrected chi connectivity index (χ4v) is 2.35.